The first kappa shape index (κ1) is 16.2. The van der Waals surface area contributed by atoms with E-state index in [1.54, 1.807) is 0 Å². The van der Waals surface area contributed by atoms with Crippen LogP contribution in [0.2, 0.25) is 0 Å². The van der Waals surface area contributed by atoms with E-state index in [2.05, 4.69) is 9.97 Å². The van der Waals surface area contributed by atoms with Crippen LogP contribution in [0, 0.1) is 14.4 Å². The molecule has 0 saturated carbocycles. The van der Waals surface area contributed by atoms with E-state index in [0.29, 0.717) is 0 Å². The average Bonchev–Trinajstić information content (AvgIpc) is 2.48. The first-order valence-electron chi connectivity index (χ1n) is 4.27. The van der Waals surface area contributed by atoms with Crippen LogP contribution >= 0.6 is 0 Å². The van der Waals surface area contributed by atoms with Crippen LogP contribution < -0.4 is 0 Å². The molecule has 1 heterocycles. The fourth-order valence-corrected chi connectivity index (χ4v) is 1.08. The number of hydrogen-bond acceptors (Lipinski definition) is 1. The van der Waals surface area contributed by atoms with Gasteiger partial charge in [0.25, 0.3) is 0 Å². The number of imidazole rings is 1. The summed E-state index contributed by atoms with van der Waals surface area (Å²) in [5.41, 5.74) is 2.15. The maximum atomic E-state index is 4.26. The van der Waals surface area contributed by atoms with E-state index in [1.165, 1.54) is 0 Å². The Hall–Kier alpha value is -0.206. The van der Waals surface area contributed by atoms with E-state index in [1.807, 2.05) is 45.0 Å². The Morgan fingerprint density at radius 1 is 1.14 bits per heavy atom. The zero-order valence-corrected chi connectivity index (χ0v) is 12.2. The molecule has 0 amide bonds. The van der Waals surface area contributed by atoms with E-state index < -0.39 is 0 Å². The zero-order valence-electron chi connectivity index (χ0n) is 9.33. The normalized spacial score (nSPS) is 7.93. The molecule has 2 aromatic rings. The largest absolute Gasteiger partial charge is 0.358 e. The summed E-state index contributed by atoms with van der Waals surface area (Å²) in [6.07, 6.45) is 0. The van der Waals surface area contributed by atoms with Gasteiger partial charge in [0.2, 0.25) is 0 Å². The molecule has 0 atom stereocenters. The summed E-state index contributed by atoms with van der Waals surface area (Å²) in [4.78, 5) is 7.40. The number of H-pyrrole nitrogens is 1. The predicted molar refractivity (Wildman–Crippen MR) is 58.6 cm³/mol. The Morgan fingerprint density at radius 2 is 1.71 bits per heavy atom. The molecule has 1 N–H and O–H groups in total. The van der Waals surface area contributed by atoms with Crippen molar-refractivity contribution >= 4 is 11.0 Å². The van der Waals surface area contributed by atoms with Crippen LogP contribution in [-0.2, 0) is 32.7 Å². The minimum absolute atomic E-state index is 0. The van der Waals surface area contributed by atoms with Crippen LogP contribution in [0.4, 0.5) is 0 Å². The number of fused-ring (bicyclic) bond motifs is 1. The number of aryl methyl sites for hydroxylation is 1. The molecule has 2 rings (SSSR count). The van der Waals surface area contributed by atoms with Gasteiger partial charge in [-0.25, -0.2) is 4.98 Å². The zero-order chi connectivity index (χ0) is 8.97. The maximum Gasteiger partial charge on any atom is 0.104 e. The van der Waals surface area contributed by atoms with Gasteiger partial charge in [-0.15, -0.1) is 0 Å². The van der Waals surface area contributed by atoms with E-state index >= 15 is 0 Å². The number of benzene rings is 1. The number of nitrogens with one attached hydrogen (secondary N) is 1. The molecule has 3 heteroatoms. The molecule has 0 fully saturated rings. The second-order valence-corrected chi connectivity index (χ2v) is 2.34. The Labute approximate surface area is 111 Å². The smallest absolute Gasteiger partial charge is 0.104 e. The Balaban J connectivity index is 0. The summed E-state index contributed by atoms with van der Waals surface area (Å²) in [6, 6.07) is 8.01. The minimum Gasteiger partial charge on any atom is -0.358 e. The molecule has 0 aliphatic carbocycles. The molecule has 0 bridgehead atoms. The third-order valence-electron chi connectivity index (χ3n) is 1.51. The van der Waals surface area contributed by atoms with E-state index in [4.69, 9.17) is 0 Å². The van der Waals surface area contributed by atoms with Gasteiger partial charge in [-0.1, -0.05) is 26.0 Å². The number of hydrogen-bond donors (Lipinski definition) is 1. The third-order valence-corrected chi connectivity index (χ3v) is 1.51. The molecule has 1 aromatic carbocycles. The van der Waals surface area contributed by atoms with Gasteiger partial charge in [0.05, 0.1) is 11.0 Å². The van der Waals surface area contributed by atoms with Crippen molar-refractivity contribution in [3.63, 3.8) is 0 Å². The van der Waals surface area contributed by atoms with Gasteiger partial charge in [0.15, 0.2) is 0 Å². The summed E-state index contributed by atoms with van der Waals surface area (Å²) < 4.78 is 0. The van der Waals surface area contributed by atoms with Crippen molar-refractivity contribution in [3.8, 4) is 0 Å². The fourth-order valence-electron chi connectivity index (χ4n) is 1.08. The van der Waals surface area contributed by atoms with Crippen molar-refractivity contribution in [1.82, 2.24) is 9.97 Å². The quantitative estimate of drug-likeness (QED) is 0.728. The van der Waals surface area contributed by atoms with Crippen molar-refractivity contribution in [2.24, 2.45) is 0 Å². The van der Waals surface area contributed by atoms with Crippen molar-refractivity contribution in [2.75, 3.05) is 0 Å². The van der Waals surface area contributed by atoms with Crippen LogP contribution in [0.1, 0.15) is 19.7 Å². The van der Waals surface area contributed by atoms with E-state index in [-0.39, 0.29) is 40.1 Å². The molecule has 2 nitrogen and oxygen atoms in total. The van der Waals surface area contributed by atoms with Crippen LogP contribution in [0.15, 0.2) is 24.3 Å². The van der Waals surface area contributed by atoms with Crippen molar-refractivity contribution in [3.05, 3.63) is 37.5 Å². The van der Waals surface area contributed by atoms with Gasteiger partial charge >= 0.3 is 0 Å². The average molecular weight is 266 g/mol. The second-order valence-electron chi connectivity index (χ2n) is 2.34. The number of rotatable bonds is 0. The van der Waals surface area contributed by atoms with Gasteiger partial charge in [-0.3, -0.25) is 0 Å². The molecule has 0 saturated heterocycles. The molecule has 0 aliphatic rings. The van der Waals surface area contributed by atoms with Crippen LogP contribution in [0.25, 0.3) is 11.0 Å². The van der Waals surface area contributed by atoms with Crippen LogP contribution in [0.5, 0.6) is 0 Å². The summed E-state index contributed by atoms with van der Waals surface area (Å²) >= 11 is 0. The number of para-hydroxylation sites is 2. The molecule has 0 aliphatic heterocycles. The molecular formula is C11H17N2Y-. The molecule has 75 valence electrons. The SMILES string of the molecule is CC.Cc1nc2ccccc2[nH]1.[CH3-].[Y]. The number of aromatic nitrogens is 2. The minimum atomic E-state index is 0. The summed E-state index contributed by atoms with van der Waals surface area (Å²) in [6.45, 7) is 5.96. The number of aromatic amines is 1. The first-order chi connectivity index (χ1) is 5.86. The third kappa shape index (κ3) is 3.89. The standard InChI is InChI=1S/C8H8N2.C2H6.CH3.Y/c1-6-9-7-4-2-3-5-8(7)10-6;1-2;;/h2-5H,1H3,(H,9,10);1-2H3;1H3;/q;;-1;. The second kappa shape index (κ2) is 8.13. The first-order valence-corrected chi connectivity index (χ1v) is 4.27. The Morgan fingerprint density at radius 3 is 2.29 bits per heavy atom. The molecule has 1 aromatic heterocycles. The molecule has 14 heavy (non-hydrogen) atoms. The van der Waals surface area contributed by atoms with E-state index in [0.717, 1.165) is 16.9 Å². The van der Waals surface area contributed by atoms with E-state index in [9.17, 15) is 0 Å². The summed E-state index contributed by atoms with van der Waals surface area (Å²) in [5, 5.41) is 0. The maximum absolute atomic E-state index is 4.26. The molecule has 1 radical (unpaired) electrons. The number of nitrogens with zero attached hydrogens (tertiary/aromatic N) is 1. The van der Waals surface area contributed by atoms with Gasteiger partial charge in [-0.05, 0) is 19.1 Å². The predicted octanol–water partition coefficient (Wildman–Crippen LogP) is 3.35. The molecular weight excluding hydrogens is 249 g/mol. The molecule has 0 unspecified atom stereocenters. The van der Waals surface area contributed by atoms with Gasteiger partial charge in [-0.2, -0.15) is 0 Å². The fraction of sp³-hybridized carbons (Fsp3) is 0.273. The van der Waals surface area contributed by atoms with Gasteiger partial charge in [0.1, 0.15) is 5.82 Å². The Kier molecular flexibility index (Phi) is 9.43. The van der Waals surface area contributed by atoms with Crippen molar-refractivity contribution < 1.29 is 32.7 Å². The van der Waals surface area contributed by atoms with Crippen molar-refractivity contribution in [2.45, 2.75) is 20.8 Å². The monoisotopic (exact) mass is 266 g/mol. The Bertz CT molecular complexity index is 322. The molecule has 0 spiro atoms. The van der Waals surface area contributed by atoms with Crippen LogP contribution in [0.3, 0.4) is 0 Å². The van der Waals surface area contributed by atoms with Crippen molar-refractivity contribution in [1.29, 1.82) is 0 Å². The topological polar surface area (TPSA) is 28.7 Å². The summed E-state index contributed by atoms with van der Waals surface area (Å²) in [5.74, 6) is 0.973. The van der Waals surface area contributed by atoms with Gasteiger partial charge < -0.3 is 12.4 Å². The van der Waals surface area contributed by atoms with Gasteiger partial charge in [0, 0.05) is 32.7 Å². The van der Waals surface area contributed by atoms with Crippen LogP contribution in [-0.4, -0.2) is 9.97 Å². The summed E-state index contributed by atoms with van der Waals surface area (Å²) in [7, 11) is 0.